The first kappa shape index (κ1) is 13.2. The molecule has 21 heavy (non-hydrogen) atoms. The van der Waals surface area contributed by atoms with Crippen LogP contribution in [0.2, 0.25) is 0 Å². The van der Waals surface area contributed by atoms with E-state index < -0.39 is 0 Å². The molecule has 110 valence electrons. The first-order valence-electron chi connectivity index (χ1n) is 8.27. The molecule has 0 amide bonds. The maximum absolute atomic E-state index is 10.0. The zero-order valence-electron chi connectivity index (χ0n) is 12.7. The van der Waals surface area contributed by atoms with Crippen molar-refractivity contribution >= 4 is 0 Å². The number of rotatable bonds is 3. The number of ether oxygens (including phenoxy) is 1. The number of hydrogen-bond acceptors (Lipinski definition) is 2. The van der Waals surface area contributed by atoms with Crippen molar-refractivity contribution in [1.82, 2.24) is 0 Å². The second kappa shape index (κ2) is 4.77. The van der Waals surface area contributed by atoms with E-state index in [1.807, 2.05) is 12.1 Å². The van der Waals surface area contributed by atoms with Crippen molar-refractivity contribution in [2.24, 2.45) is 29.1 Å². The van der Waals surface area contributed by atoms with Crippen molar-refractivity contribution in [3.8, 4) is 11.8 Å². The average Bonchev–Trinajstić information content (AvgIpc) is 2.51. The lowest BCUT2D eigenvalue weighted by Gasteiger charge is -2.58. The fourth-order valence-corrected chi connectivity index (χ4v) is 5.62. The zero-order valence-corrected chi connectivity index (χ0v) is 12.7. The van der Waals surface area contributed by atoms with E-state index in [9.17, 15) is 5.26 Å². The van der Waals surface area contributed by atoms with Crippen LogP contribution in [0.5, 0.6) is 5.75 Å². The van der Waals surface area contributed by atoms with Crippen molar-refractivity contribution in [2.45, 2.75) is 38.5 Å². The number of benzene rings is 1. The highest BCUT2D eigenvalue weighted by Gasteiger charge is 2.57. The summed E-state index contributed by atoms with van der Waals surface area (Å²) in [5, 5.41) is 10.0. The molecule has 0 N–H and O–H groups in total. The molecule has 0 saturated heterocycles. The predicted molar refractivity (Wildman–Crippen MR) is 81.8 cm³/mol. The lowest BCUT2D eigenvalue weighted by atomic mass is 9.44. The standard InChI is InChI=1S/C19H23NO/c1-21-18-4-2-13(3-5-18)11-19(12-20)16-7-14-6-15(9-16)10-17(19)8-14/h2-5,14-17H,6-11H2,1H3. The third-order valence-electron chi connectivity index (χ3n) is 6.46. The van der Waals surface area contributed by atoms with Crippen LogP contribution in [0.1, 0.15) is 37.7 Å². The van der Waals surface area contributed by atoms with E-state index in [4.69, 9.17) is 4.74 Å². The van der Waals surface area contributed by atoms with Gasteiger partial charge in [0.1, 0.15) is 5.75 Å². The summed E-state index contributed by atoms with van der Waals surface area (Å²) in [7, 11) is 1.70. The maximum Gasteiger partial charge on any atom is 0.118 e. The Kier molecular flexibility index (Phi) is 2.99. The molecule has 2 nitrogen and oxygen atoms in total. The number of nitriles is 1. The van der Waals surface area contributed by atoms with Gasteiger partial charge in [0.05, 0.1) is 18.6 Å². The number of nitrogens with zero attached hydrogens (tertiary/aromatic N) is 1. The minimum Gasteiger partial charge on any atom is -0.497 e. The van der Waals surface area contributed by atoms with Crippen LogP contribution in [0.15, 0.2) is 24.3 Å². The smallest absolute Gasteiger partial charge is 0.118 e. The van der Waals surface area contributed by atoms with Gasteiger partial charge in [0.25, 0.3) is 0 Å². The predicted octanol–water partition coefficient (Wildman–Crippen LogP) is 4.20. The van der Waals surface area contributed by atoms with Crippen LogP contribution in [0.4, 0.5) is 0 Å². The van der Waals surface area contributed by atoms with Crippen molar-refractivity contribution in [1.29, 1.82) is 5.26 Å². The van der Waals surface area contributed by atoms with Gasteiger partial charge in [0, 0.05) is 0 Å². The average molecular weight is 281 g/mol. The highest BCUT2D eigenvalue weighted by atomic mass is 16.5. The van der Waals surface area contributed by atoms with Crippen LogP contribution >= 0.6 is 0 Å². The monoisotopic (exact) mass is 281 g/mol. The summed E-state index contributed by atoms with van der Waals surface area (Å²) in [5.74, 6) is 4.02. The third-order valence-corrected chi connectivity index (χ3v) is 6.46. The molecule has 4 saturated carbocycles. The van der Waals surface area contributed by atoms with Crippen LogP contribution in [0.3, 0.4) is 0 Å². The lowest BCUT2D eigenvalue weighted by molar-refractivity contribution is -0.0760. The summed E-state index contributed by atoms with van der Waals surface area (Å²) in [6, 6.07) is 11.1. The third kappa shape index (κ3) is 1.98. The molecular formula is C19H23NO. The van der Waals surface area contributed by atoms with Gasteiger partial charge in [0.2, 0.25) is 0 Å². The largest absolute Gasteiger partial charge is 0.497 e. The second-order valence-corrected chi connectivity index (χ2v) is 7.48. The van der Waals surface area contributed by atoms with Crippen LogP contribution in [0, 0.1) is 40.4 Å². The number of hydrogen-bond donors (Lipinski definition) is 0. The SMILES string of the molecule is COc1ccc(CC2(C#N)C3CC4CC(C3)CC2C4)cc1. The summed E-state index contributed by atoms with van der Waals surface area (Å²) in [6.45, 7) is 0. The molecule has 0 aromatic heterocycles. The Morgan fingerprint density at radius 2 is 1.62 bits per heavy atom. The van der Waals surface area contributed by atoms with Crippen LogP contribution in [-0.4, -0.2) is 7.11 Å². The van der Waals surface area contributed by atoms with Gasteiger partial charge in [-0.15, -0.1) is 0 Å². The quantitative estimate of drug-likeness (QED) is 0.831. The Morgan fingerprint density at radius 1 is 1.05 bits per heavy atom. The highest BCUT2D eigenvalue weighted by Crippen LogP contribution is 2.63. The van der Waals surface area contributed by atoms with E-state index in [2.05, 4.69) is 18.2 Å². The van der Waals surface area contributed by atoms with Gasteiger partial charge in [-0.3, -0.25) is 0 Å². The molecule has 5 rings (SSSR count). The van der Waals surface area contributed by atoms with Crippen LogP contribution in [-0.2, 0) is 6.42 Å². The molecule has 0 aliphatic heterocycles. The van der Waals surface area contributed by atoms with Crippen LogP contribution in [0.25, 0.3) is 0 Å². The normalized spacial score (nSPS) is 40.0. The molecule has 1 aromatic rings. The van der Waals surface area contributed by atoms with E-state index in [-0.39, 0.29) is 5.41 Å². The molecule has 0 heterocycles. The molecular weight excluding hydrogens is 258 g/mol. The van der Waals surface area contributed by atoms with E-state index in [1.165, 1.54) is 37.7 Å². The fraction of sp³-hybridized carbons (Fsp3) is 0.632. The second-order valence-electron chi connectivity index (χ2n) is 7.48. The van der Waals surface area contributed by atoms with Gasteiger partial charge in [-0.25, -0.2) is 0 Å². The first-order valence-corrected chi connectivity index (χ1v) is 8.27. The Labute approximate surface area is 127 Å². The molecule has 4 bridgehead atoms. The molecule has 1 aromatic carbocycles. The minimum atomic E-state index is -0.0952. The van der Waals surface area contributed by atoms with E-state index in [0.29, 0.717) is 11.8 Å². The summed E-state index contributed by atoms with van der Waals surface area (Å²) in [5.41, 5.74) is 1.20. The fourth-order valence-electron chi connectivity index (χ4n) is 5.62. The van der Waals surface area contributed by atoms with E-state index in [1.54, 1.807) is 7.11 Å². The van der Waals surface area contributed by atoms with Crippen LogP contribution < -0.4 is 4.74 Å². The van der Waals surface area contributed by atoms with Crippen molar-refractivity contribution in [3.63, 3.8) is 0 Å². The lowest BCUT2D eigenvalue weighted by Crippen LogP contribution is -2.53. The van der Waals surface area contributed by atoms with Gasteiger partial charge >= 0.3 is 0 Å². The zero-order chi connectivity index (χ0) is 14.4. The molecule has 4 aliphatic rings. The summed E-state index contributed by atoms with van der Waals surface area (Å²) >= 11 is 0. The van der Waals surface area contributed by atoms with E-state index >= 15 is 0 Å². The number of methoxy groups -OCH3 is 1. The Morgan fingerprint density at radius 3 is 2.10 bits per heavy atom. The Hall–Kier alpha value is -1.49. The molecule has 4 fully saturated rings. The maximum atomic E-state index is 10.0. The van der Waals surface area contributed by atoms with Gasteiger partial charge in [0.15, 0.2) is 0 Å². The van der Waals surface area contributed by atoms with Crippen molar-refractivity contribution in [2.75, 3.05) is 7.11 Å². The molecule has 0 radical (unpaired) electrons. The van der Waals surface area contributed by atoms with Gasteiger partial charge in [-0.1, -0.05) is 12.1 Å². The molecule has 0 atom stereocenters. The summed E-state index contributed by atoms with van der Waals surface area (Å²) in [4.78, 5) is 0. The Balaban J connectivity index is 1.63. The molecule has 2 heteroatoms. The van der Waals surface area contributed by atoms with Gasteiger partial charge < -0.3 is 4.74 Å². The van der Waals surface area contributed by atoms with Crippen molar-refractivity contribution in [3.05, 3.63) is 29.8 Å². The van der Waals surface area contributed by atoms with Gasteiger partial charge in [-0.05, 0) is 79.9 Å². The molecule has 0 spiro atoms. The summed E-state index contributed by atoms with van der Waals surface area (Å²) < 4.78 is 5.24. The summed E-state index contributed by atoms with van der Waals surface area (Å²) in [6.07, 6.45) is 7.58. The van der Waals surface area contributed by atoms with Crippen molar-refractivity contribution < 1.29 is 4.74 Å². The Bertz CT molecular complexity index is 540. The first-order chi connectivity index (χ1) is 10.2. The molecule has 0 unspecified atom stereocenters. The topological polar surface area (TPSA) is 33.0 Å². The highest BCUT2D eigenvalue weighted by molar-refractivity contribution is 5.30. The van der Waals surface area contributed by atoms with E-state index in [0.717, 1.165) is 24.0 Å². The molecule has 4 aliphatic carbocycles. The minimum absolute atomic E-state index is 0.0952. The van der Waals surface area contributed by atoms with Gasteiger partial charge in [-0.2, -0.15) is 5.26 Å².